The number of nitrogens with zero attached hydrogens (tertiary/aromatic N) is 10. The van der Waals surface area contributed by atoms with Crippen LogP contribution in [0.2, 0.25) is 0 Å². The largest absolute Gasteiger partial charge is 0.489 e. The van der Waals surface area contributed by atoms with Crippen molar-refractivity contribution in [3.05, 3.63) is 318 Å². The number of rotatable bonds is 39. The maximum atomic E-state index is 12.3. The zero-order valence-corrected chi connectivity index (χ0v) is 81.7. The van der Waals surface area contributed by atoms with Crippen molar-refractivity contribution >= 4 is 116 Å². The zero-order chi connectivity index (χ0) is 105. The first kappa shape index (κ1) is 120. The first-order chi connectivity index (χ1) is 67.0. The Bertz CT molecular complexity index is 5960. The normalized spacial score (nSPS) is 11.3. The fourth-order valence-electron chi connectivity index (χ4n) is 10.6. The van der Waals surface area contributed by atoms with E-state index in [1.165, 1.54) is 97.1 Å². The molecule has 0 saturated heterocycles. The van der Waals surface area contributed by atoms with Crippen LogP contribution in [-0.2, 0) is 27.3 Å². The topological polar surface area (TPSA) is 661 Å². The van der Waals surface area contributed by atoms with E-state index in [9.17, 15) is 53.3 Å². The highest BCUT2D eigenvalue weighted by molar-refractivity contribution is 9.09. The minimum Gasteiger partial charge on any atom is -0.489 e. The van der Waals surface area contributed by atoms with Crippen LogP contribution in [0.15, 0.2) is 261 Å². The molecule has 20 N–H and O–H groups in total. The number of hydrogen-bond donors (Lipinski definition) is 14. The van der Waals surface area contributed by atoms with Crippen molar-refractivity contribution < 1.29 is 104 Å². The second-order valence-electron chi connectivity index (χ2n) is 29.7. The van der Waals surface area contributed by atoms with Gasteiger partial charge in [-0.2, -0.15) is 8.42 Å². The minimum absolute atomic E-state index is 0.0144. The second-order valence-corrected chi connectivity index (χ2v) is 32.2. The molecule has 0 aliphatic heterocycles. The molecule has 760 valence electrons. The number of aromatic amines is 2. The van der Waals surface area contributed by atoms with E-state index in [1.54, 1.807) is 18.2 Å². The number of nitrogen functional groups attached to an aromatic ring is 6. The first-order valence-corrected chi connectivity index (χ1v) is 45.6. The summed E-state index contributed by atoms with van der Waals surface area (Å²) in [6.45, 7) is 6.05. The minimum atomic E-state index is -4.48. The van der Waals surface area contributed by atoms with E-state index in [4.69, 9.17) is 116 Å². The predicted molar refractivity (Wildman–Crippen MR) is 547 cm³/mol. The van der Waals surface area contributed by atoms with Gasteiger partial charge in [-0.1, -0.05) is 143 Å². The number of nitro benzene ring substituents is 4. The third kappa shape index (κ3) is 49.7. The number of alkyl halides is 1. The van der Waals surface area contributed by atoms with Crippen LogP contribution in [0.25, 0.3) is 44.8 Å². The number of aromatic nitrogens is 4. The number of benzene rings is 9. The Morgan fingerprint density at radius 3 is 0.950 bits per heavy atom. The summed E-state index contributed by atoms with van der Waals surface area (Å²) in [7, 11) is 8.56. The molecule has 0 amide bonds. The molecule has 47 heteroatoms. The second kappa shape index (κ2) is 66.4. The highest BCUT2D eigenvalue weighted by atomic mass is 79.9. The number of H-pyrrole nitrogens is 2. The summed E-state index contributed by atoms with van der Waals surface area (Å²) >= 11 is 3.24. The van der Waals surface area contributed by atoms with Crippen LogP contribution in [0.4, 0.5) is 61.3 Å². The monoisotopic (exact) mass is 2060 g/mol. The van der Waals surface area contributed by atoms with Gasteiger partial charge in [-0.3, -0.25) is 45.0 Å². The van der Waals surface area contributed by atoms with Crippen molar-refractivity contribution in [3.8, 4) is 57.3 Å². The molecule has 0 radical (unpaired) electrons. The number of allylic oxidation sites excluding steroid dienone is 1. The fraction of sp³-hybridized carbons (Fsp3) is 0.255. The van der Waals surface area contributed by atoms with E-state index < -0.39 is 51.7 Å². The molecule has 0 fully saturated rings. The Kier molecular flexibility index (Phi) is 56.5. The molecule has 0 saturated carbocycles. The summed E-state index contributed by atoms with van der Waals surface area (Å²) in [6, 6.07) is 46.7. The van der Waals surface area contributed by atoms with Crippen LogP contribution in [0, 0.1) is 46.3 Å². The summed E-state index contributed by atoms with van der Waals surface area (Å²) in [5, 5.41) is 84.7. The number of nitrogens with two attached hydrogens (primary N) is 6. The number of anilines is 6. The quantitative estimate of drug-likeness (QED) is 0.00425. The Morgan fingerprint density at radius 2 is 0.674 bits per heavy atom. The van der Waals surface area contributed by atoms with Crippen molar-refractivity contribution in [1.82, 2.24) is 39.5 Å². The van der Waals surface area contributed by atoms with Gasteiger partial charge in [0.1, 0.15) is 114 Å². The lowest BCUT2D eigenvalue weighted by molar-refractivity contribution is -0.384. The van der Waals surface area contributed by atoms with Crippen LogP contribution in [0.1, 0.15) is 16.6 Å². The van der Waals surface area contributed by atoms with Gasteiger partial charge in [-0.05, 0) is 134 Å². The molecule has 0 spiro atoms. The Morgan fingerprint density at radius 1 is 0.397 bits per heavy atom. The van der Waals surface area contributed by atoms with Crippen molar-refractivity contribution in [2.45, 2.75) is 12.0 Å². The maximum Gasteiger partial charge on any atom is 0.425 e. The molecule has 2 heterocycles. The number of hydrogen-bond acceptors (Lipinski definition) is 36. The summed E-state index contributed by atoms with van der Waals surface area (Å²) in [5.74, 6) is 4.90. The van der Waals surface area contributed by atoms with Crippen LogP contribution in [0.3, 0.4) is 0 Å². The third-order valence-electron chi connectivity index (χ3n) is 17.4. The van der Waals surface area contributed by atoms with Gasteiger partial charge in [-0.25, -0.2) is 14.4 Å². The molecule has 11 aromatic rings. The van der Waals surface area contributed by atoms with Crippen LogP contribution >= 0.6 is 15.9 Å². The van der Waals surface area contributed by atoms with E-state index in [-0.39, 0.29) is 84.1 Å². The third-order valence-corrected chi connectivity index (χ3v) is 18.6. The molecule has 0 aliphatic rings. The lowest BCUT2D eigenvalue weighted by atomic mass is 10.1. The maximum absolute atomic E-state index is 12.3. The molecule has 141 heavy (non-hydrogen) atoms. The molecular weight excluding hydrogens is 1940 g/mol. The van der Waals surface area contributed by atoms with Crippen molar-refractivity contribution in [2.24, 2.45) is 0 Å². The number of aliphatic hydroxyl groups excluding tert-OH is 5. The summed E-state index contributed by atoms with van der Waals surface area (Å²) in [5.41, 5.74) is 38.0. The van der Waals surface area contributed by atoms with E-state index in [0.29, 0.717) is 67.2 Å². The van der Waals surface area contributed by atoms with Crippen molar-refractivity contribution in [1.29, 1.82) is 0 Å². The number of ether oxygens (including phenoxy) is 6. The molecule has 11 rings (SSSR count). The van der Waals surface area contributed by atoms with Gasteiger partial charge in [0.2, 0.25) is 5.44 Å². The van der Waals surface area contributed by atoms with Gasteiger partial charge in [-0.15, -0.1) is 12.6 Å². The van der Waals surface area contributed by atoms with Crippen LogP contribution in [-0.4, -0.2) is 258 Å². The first-order valence-electron chi connectivity index (χ1n) is 42.0. The number of halogens is 2. The molecule has 9 aromatic carbocycles. The molecule has 1 atom stereocenters. The predicted octanol–water partition coefficient (Wildman–Crippen LogP) is 12.3. The van der Waals surface area contributed by atoms with Gasteiger partial charge >= 0.3 is 10.6 Å². The average Bonchev–Trinajstić information content (AvgIpc) is 1.66. The lowest BCUT2D eigenvalue weighted by Gasteiger charge is -2.07. The average molecular weight is 2060 g/mol. The highest BCUT2D eigenvalue weighted by Gasteiger charge is 2.22. The van der Waals surface area contributed by atoms with E-state index in [1.807, 2.05) is 146 Å². The van der Waals surface area contributed by atoms with Gasteiger partial charge in [0.25, 0.3) is 32.9 Å². The van der Waals surface area contributed by atoms with Gasteiger partial charge < -0.3 is 118 Å². The lowest BCUT2D eigenvalue weighted by Crippen LogP contribution is -2.11. The number of likely N-dealkylation sites (N-methyl/N-ethyl adjacent to an activating group) is 4. The molecule has 43 nitrogen and oxygen atoms in total. The van der Waals surface area contributed by atoms with E-state index in [2.05, 4.69) is 83.1 Å². The van der Waals surface area contributed by atoms with Crippen LogP contribution < -0.4 is 62.8 Å². The molecule has 0 bridgehead atoms. The Labute approximate surface area is 823 Å². The van der Waals surface area contributed by atoms with E-state index in [0.717, 1.165) is 112 Å². The number of nitrogens with one attached hydrogen (secondary N) is 2. The molecule has 2 aromatic heterocycles. The highest BCUT2D eigenvalue weighted by Crippen LogP contribution is 2.32. The zero-order valence-electron chi connectivity index (χ0n) is 78.5. The van der Waals surface area contributed by atoms with Gasteiger partial charge in [0.15, 0.2) is 0 Å². The van der Waals surface area contributed by atoms with Crippen molar-refractivity contribution in [2.75, 3.05) is 182 Å². The summed E-state index contributed by atoms with van der Waals surface area (Å²) in [6.07, 6.45) is 26.0. The number of nitro groups is 4. The van der Waals surface area contributed by atoms with Gasteiger partial charge in [0, 0.05) is 109 Å². The molecule has 1 unspecified atom stereocenters. The molecule has 0 aliphatic carbocycles. The molecular formula is C94H118BrFN18O25S2. The summed E-state index contributed by atoms with van der Waals surface area (Å²) < 4.78 is 100. The SMILES string of the molecule is CN(C)C/C=C\COc1ccc(N)c(N)c1.CN(C)C/C=C\COc1ccc([N+](=O)[O-])c(N)c1.CN(C)C/C=C\COc1ccc2nc(-c3ccc(-c4nc5ccc(OC/C=C\CN(C)C)cc5[nH]4)cc3)[nH]c2c1.Nc1cc(F)ccc1[N+](=O)[O-].Nc1cc(OC/C=C\CBr)ccc1[N+](=O)[O-].Nc1cc(OC/C=C\CO)ccc1[N+](=O)[O-].O=S(=O)(O)C(O)c1ccc(CO)cc1.O=S(=O)=O.OC/C=C\CO. The number of imidazole rings is 2. The van der Waals surface area contributed by atoms with Crippen LogP contribution in [0.5, 0.6) is 34.5 Å². The van der Waals surface area contributed by atoms with Crippen molar-refractivity contribution in [3.63, 3.8) is 0 Å². The fourth-order valence-corrected chi connectivity index (χ4v) is 11.3. The number of fused-ring (bicyclic) bond motifs is 2. The summed E-state index contributed by atoms with van der Waals surface area (Å²) in [4.78, 5) is 64.1. The van der Waals surface area contributed by atoms with E-state index >= 15 is 0 Å². The number of aliphatic hydroxyl groups is 5. The van der Waals surface area contributed by atoms with Gasteiger partial charge in [0.05, 0.1) is 79.6 Å². The standard InChI is InChI=1S/C32H36N6O2.C12H17N3O3.C12H19N3O.C10H11BrN2O3.C10H12N2O4.C8H10O5S.C6H5FN2O2.C4H8O2.O3S/c1-37(2)17-5-7-19-39-25-13-15-27-29(21-25)35-31(33-27)23-9-11-24(12-10-23)32-34-28-16-14-26(22-30(28)36-32)40-20-8-6-18-38(3)4;1-14(2)7-3-4-8-18-10-5-6-12(15(16)17)11(13)9-10;1-15(2)7-3-4-8-16-10-5-6-11(13)12(14)9-10;11-5-1-2-6-16-8-3-4-10(13(14)15)9(12)7-8;11-9-7-8(16-6-2-1-5-13)3-4-10(9)12(14)15;9-5-6-1-3-7(4-2-6)8(10)14(11,12)13;7-4-1-2-6(9(10)11)5(8)3-4;5-3-1-2-4-6;1-4(2)3/h5-16,21-22H,17-20H2,1-4H3,(H,33,35)(H,34,36);3-6,9H,7-8,13H2,1-2H3;3-6,9H,7-8,13-14H2,1-2H3;1-4,7H,5-6,12H2;1-4,7,13H,5-6,11H2;1-4,8-10H,5H2,(H,11,12,13);1-3H,8H2;1-2,5-6H,3-4H2;/b7-5-,8-6-;2*4-3-;2*2-1-;;;2-1-;. The smallest absolute Gasteiger partial charge is 0.425 e. The Hall–Kier alpha value is -15.1. The Balaban J connectivity index is 0.000000436.